The molecule has 1 aliphatic carbocycles. The topological polar surface area (TPSA) is 82.2 Å². The largest absolute Gasteiger partial charge is 0.376 e. The lowest BCUT2D eigenvalue weighted by molar-refractivity contribution is -0.137. The van der Waals surface area contributed by atoms with Crippen LogP contribution in [-0.2, 0) is 14.3 Å². The van der Waals surface area contributed by atoms with Crippen LogP contribution in [0.3, 0.4) is 0 Å². The quantitative estimate of drug-likeness (QED) is 0.677. The number of ether oxygens (including phenoxy) is 1. The van der Waals surface area contributed by atoms with Crippen molar-refractivity contribution in [1.29, 1.82) is 0 Å². The van der Waals surface area contributed by atoms with E-state index in [1.807, 2.05) is 27.3 Å². The fourth-order valence-corrected chi connectivity index (χ4v) is 5.99. The van der Waals surface area contributed by atoms with Crippen LogP contribution >= 0.6 is 11.3 Å². The first-order chi connectivity index (χ1) is 16.1. The van der Waals surface area contributed by atoms with Gasteiger partial charge in [0, 0.05) is 45.2 Å². The van der Waals surface area contributed by atoms with Gasteiger partial charge in [-0.1, -0.05) is 6.07 Å². The molecular weight excluding hydrogens is 440 g/mol. The number of nitrogens with one attached hydrogen (secondary N) is 1. The molecule has 33 heavy (non-hydrogen) atoms. The molecule has 0 bridgehead atoms. The molecule has 1 aromatic rings. The van der Waals surface area contributed by atoms with Gasteiger partial charge in [-0.2, -0.15) is 0 Å². The number of thiophene rings is 1. The first-order valence-corrected chi connectivity index (χ1v) is 13.3. The summed E-state index contributed by atoms with van der Waals surface area (Å²) in [5.41, 5.74) is 0. The fourth-order valence-electron chi connectivity index (χ4n) is 5.31. The van der Waals surface area contributed by atoms with Gasteiger partial charge in [-0.25, -0.2) is 0 Å². The highest BCUT2D eigenvalue weighted by Gasteiger charge is 2.47. The van der Waals surface area contributed by atoms with E-state index in [2.05, 4.69) is 5.32 Å². The third kappa shape index (κ3) is 5.10. The van der Waals surface area contributed by atoms with Gasteiger partial charge in [-0.15, -0.1) is 11.3 Å². The van der Waals surface area contributed by atoms with E-state index in [1.54, 1.807) is 4.90 Å². The number of amides is 3. The van der Waals surface area contributed by atoms with Crippen LogP contribution in [-0.4, -0.2) is 96.5 Å². The molecule has 9 heteroatoms. The zero-order chi connectivity index (χ0) is 22.8. The number of nitrogens with zero attached hydrogens (tertiary/aromatic N) is 3. The second-order valence-electron chi connectivity index (χ2n) is 9.67. The molecule has 4 heterocycles. The van der Waals surface area contributed by atoms with Crippen molar-refractivity contribution >= 4 is 29.1 Å². The zero-order valence-electron chi connectivity index (χ0n) is 19.1. The summed E-state index contributed by atoms with van der Waals surface area (Å²) in [7, 11) is 0. The lowest BCUT2D eigenvalue weighted by Gasteiger charge is -2.31. The highest BCUT2D eigenvalue weighted by Crippen LogP contribution is 2.35. The molecule has 1 saturated carbocycles. The van der Waals surface area contributed by atoms with E-state index in [-0.39, 0.29) is 35.8 Å². The Hall–Kier alpha value is -1.97. The van der Waals surface area contributed by atoms with Crippen LogP contribution < -0.4 is 5.32 Å². The monoisotopic (exact) mass is 474 g/mol. The normalized spacial score (nSPS) is 28.1. The van der Waals surface area contributed by atoms with E-state index in [1.165, 1.54) is 11.3 Å². The summed E-state index contributed by atoms with van der Waals surface area (Å²) >= 11 is 1.40. The average molecular weight is 475 g/mol. The summed E-state index contributed by atoms with van der Waals surface area (Å²) in [5.74, 6) is 0.183. The Morgan fingerprint density at radius 3 is 2.76 bits per heavy atom. The summed E-state index contributed by atoms with van der Waals surface area (Å²) in [4.78, 5) is 46.6. The number of carbonyl (C=O) groups is 3. The molecule has 4 aliphatic rings. The molecule has 180 valence electrons. The second-order valence-corrected chi connectivity index (χ2v) is 10.6. The Morgan fingerprint density at radius 1 is 1.15 bits per heavy atom. The van der Waals surface area contributed by atoms with Crippen LogP contribution in [0.25, 0.3) is 0 Å². The van der Waals surface area contributed by atoms with E-state index in [0.29, 0.717) is 37.5 Å². The van der Waals surface area contributed by atoms with Crippen molar-refractivity contribution in [3.8, 4) is 0 Å². The summed E-state index contributed by atoms with van der Waals surface area (Å²) < 4.78 is 5.85. The van der Waals surface area contributed by atoms with E-state index in [4.69, 9.17) is 4.74 Å². The molecule has 0 aromatic carbocycles. The molecule has 3 amide bonds. The molecular formula is C24H34N4O4S. The molecule has 1 aromatic heterocycles. The first-order valence-electron chi connectivity index (χ1n) is 12.4. The standard InChI is InChI=1S/C24H34N4O4S/c29-22(17-6-7-17)27(16-19-4-1-12-32-19)18-14-20(23(30)26-10-3-8-25-9-11-26)28(15-18)24(31)21-5-2-13-33-21/h2,5,13,17-20,25H,1,3-4,6-12,14-16H2. The van der Waals surface area contributed by atoms with Crippen molar-refractivity contribution in [2.45, 2.75) is 56.7 Å². The van der Waals surface area contributed by atoms with Crippen LogP contribution in [0.15, 0.2) is 17.5 Å². The molecule has 0 spiro atoms. The van der Waals surface area contributed by atoms with Gasteiger partial charge in [-0.05, 0) is 56.5 Å². The van der Waals surface area contributed by atoms with Crippen molar-refractivity contribution in [2.75, 3.05) is 45.9 Å². The molecule has 5 rings (SSSR count). The zero-order valence-corrected chi connectivity index (χ0v) is 19.9. The predicted molar refractivity (Wildman–Crippen MR) is 125 cm³/mol. The van der Waals surface area contributed by atoms with Gasteiger partial charge in [0.05, 0.1) is 17.0 Å². The third-order valence-corrected chi connectivity index (χ3v) is 8.14. The Balaban J connectivity index is 1.38. The van der Waals surface area contributed by atoms with Gasteiger partial charge in [0.25, 0.3) is 5.91 Å². The van der Waals surface area contributed by atoms with E-state index in [9.17, 15) is 14.4 Å². The lowest BCUT2D eigenvalue weighted by Crippen LogP contribution is -2.48. The van der Waals surface area contributed by atoms with Gasteiger partial charge in [0.2, 0.25) is 11.8 Å². The molecule has 1 N–H and O–H groups in total. The lowest BCUT2D eigenvalue weighted by atomic mass is 10.1. The molecule has 3 saturated heterocycles. The van der Waals surface area contributed by atoms with Crippen molar-refractivity contribution < 1.29 is 19.1 Å². The summed E-state index contributed by atoms with van der Waals surface area (Å²) in [6.07, 6.45) is 5.33. The number of hydrogen-bond donors (Lipinski definition) is 1. The highest BCUT2D eigenvalue weighted by molar-refractivity contribution is 7.12. The molecule has 0 radical (unpaired) electrons. The Morgan fingerprint density at radius 2 is 2.03 bits per heavy atom. The van der Waals surface area contributed by atoms with Gasteiger partial charge in [0.1, 0.15) is 6.04 Å². The highest BCUT2D eigenvalue weighted by atomic mass is 32.1. The van der Waals surface area contributed by atoms with E-state index in [0.717, 1.165) is 51.8 Å². The van der Waals surface area contributed by atoms with Crippen LogP contribution in [0.1, 0.15) is 48.2 Å². The molecule has 3 aliphatic heterocycles. The van der Waals surface area contributed by atoms with Crippen molar-refractivity contribution in [1.82, 2.24) is 20.0 Å². The molecule has 8 nitrogen and oxygen atoms in total. The Kier molecular flexibility index (Phi) is 6.99. The van der Waals surface area contributed by atoms with Crippen molar-refractivity contribution in [2.24, 2.45) is 5.92 Å². The van der Waals surface area contributed by atoms with Crippen LogP contribution in [0, 0.1) is 5.92 Å². The maximum absolute atomic E-state index is 13.6. The predicted octanol–water partition coefficient (Wildman–Crippen LogP) is 1.57. The minimum Gasteiger partial charge on any atom is -0.376 e. The fraction of sp³-hybridized carbons (Fsp3) is 0.708. The Bertz CT molecular complexity index is 845. The number of hydrogen-bond acceptors (Lipinski definition) is 6. The maximum Gasteiger partial charge on any atom is 0.264 e. The SMILES string of the molecule is O=C(C1CC(N(CC2CCCO2)C(=O)C2CC2)CN1C(=O)c1cccs1)N1CCCNCC1. The maximum atomic E-state index is 13.6. The van der Waals surface area contributed by atoms with Gasteiger partial charge in [0.15, 0.2) is 0 Å². The van der Waals surface area contributed by atoms with Gasteiger partial charge in [-0.3, -0.25) is 14.4 Å². The van der Waals surface area contributed by atoms with E-state index < -0.39 is 6.04 Å². The van der Waals surface area contributed by atoms with Crippen molar-refractivity contribution in [3.63, 3.8) is 0 Å². The van der Waals surface area contributed by atoms with Crippen LogP contribution in [0.2, 0.25) is 0 Å². The van der Waals surface area contributed by atoms with Gasteiger partial charge < -0.3 is 24.8 Å². The van der Waals surface area contributed by atoms with Gasteiger partial charge >= 0.3 is 0 Å². The number of likely N-dealkylation sites (tertiary alicyclic amines) is 1. The minimum atomic E-state index is -0.526. The molecule has 4 fully saturated rings. The summed E-state index contributed by atoms with van der Waals surface area (Å²) in [6, 6.07) is 3.01. The minimum absolute atomic E-state index is 0.0158. The summed E-state index contributed by atoms with van der Waals surface area (Å²) in [6.45, 7) is 4.75. The number of rotatable bonds is 6. The average Bonchev–Trinajstić information content (AvgIpc) is 3.18. The smallest absolute Gasteiger partial charge is 0.264 e. The van der Waals surface area contributed by atoms with Crippen LogP contribution in [0.5, 0.6) is 0 Å². The van der Waals surface area contributed by atoms with E-state index >= 15 is 0 Å². The Labute approximate surface area is 199 Å². The summed E-state index contributed by atoms with van der Waals surface area (Å²) in [5, 5.41) is 5.23. The molecule has 3 unspecified atom stereocenters. The number of carbonyl (C=O) groups excluding carboxylic acids is 3. The third-order valence-electron chi connectivity index (χ3n) is 7.28. The first kappa shape index (κ1) is 22.8. The van der Waals surface area contributed by atoms with Crippen molar-refractivity contribution in [3.05, 3.63) is 22.4 Å². The second kappa shape index (κ2) is 10.1. The van der Waals surface area contributed by atoms with Crippen LogP contribution in [0.4, 0.5) is 0 Å². The molecule has 3 atom stereocenters.